The van der Waals surface area contributed by atoms with Crippen molar-refractivity contribution in [2.24, 2.45) is 0 Å². The summed E-state index contributed by atoms with van der Waals surface area (Å²) in [5.41, 5.74) is 1.09. The second-order valence-corrected chi connectivity index (χ2v) is 4.11. The van der Waals surface area contributed by atoms with Gasteiger partial charge in [0.15, 0.2) is 0 Å². The third-order valence-corrected chi connectivity index (χ3v) is 2.67. The number of carbonyl (C=O) groups is 1. The van der Waals surface area contributed by atoms with Crippen LogP contribution in [0, 0.1) is 11.3 Å². The third-order valence-electron chi connectivity index (χ3n) is 2.67. The van der Waals surface area contributed by atoms with E-state index in [1.54, 1.807) is 55.8 Å². The van der Waals surface area contributed by atoms with Gasteiger partial charge in [-0.2, -0.15) is 5.26 Å². The fourth-order valence-electron chi connectivity index (χ4n) is 1.66. The zero-order valence-electron chi connectivity index (χ0n) is 11.4. The highest BCUT2D eigenvalue weighted by molar-refractivity contribution is 6.09. The second-order valence-electron chi connectivity index (χ2n) is 4.11. The fraction of sp³-hybridized carbons (Fsp3) is 0.0625. The predicted octanol–water partition coefficient (Wildman–Crippen LogP) is 2.64. The van der Waals surface area contributed by atoms with Crippen LogP contribution in [0.25, 0.3) is 6.08 Å². The number of amides is 1. The van der Waals surface area contributed by atoms with Gasteiger partial charge in [0, 0.05) is 18.0 Å². The Morgan fingerprint density at radius 2 is 2.19 bits per heavy atom. The van der Waals surface area contributed by atoms with Crippen LogP contribution in [0.15, 0.2) is 54.2 Å². The number of nitrogens with zero attached hydrogens (tertiary/aromatic N) is 2. The molecule has 1 aromatic carbocycles. The lowest BCUT2D eigenvalue weighted by Gasteiger charge is -2.06. The molecule has 2 aromatic rings. The number of hydrogen-bond acceptors (Lipinski definition) is 4. The van der Waals surface area contributed by atoms with Gasteiger partial charge in [0.25, 0.3) is 5.91 Å². The molecule has 0 saturated carbocycles. The number of benzene rings is 1. The summed E-state index contributed by atoms with van der Waals surface area (Å²) in [6.07, 6.45) is 3.04. The van der Waals surface area contributed by atoms with Crippen molar-refractivity contribution in [1.82, 2.24) is 4.98 Å². The Labute approximate surface area is 122 Å². The monoisotopic (exact) mass is 279 g/mol. The van der Waals surface area contributed by atoms with Crippen molar-refractivity contribution >= 4 is 17.7 Å². The number of ether oxygens (including phenoxy) is 1. The number of pyridine rings is 1. The highest BCUT2D eigenvalue weighted by atomic mass is 16.5. The Morgan fingerprint density at radius 3 is 2.86 bits per heavy atom. The van der Waals surface area contributed by atoms with Crippen LogP contribution in [0.3, 0.4) is 0 Å². The molecule has 2 rings (SSSR count). The Kier molecular flexibility index (Phi) is 4.67. The predicted molar refractivity (Wildman–Crippen MR) is 79.5 cm³/mol. The average Bonchev–Trinajstić information content (AvgIpc) is 2.53. The van der Waals surface area contributed by atoms with E-state index in [1.165, 1.54) is 6.08 Å². The van der Waals surface area contributed by atoms with Crippen LogP contribution in [-0.4, -0.2) is 18.0 Å². The van der Waals surface area contributed by atoms with Crippen molar-refractivity contribution in [2.75, 3.05) is 12.4 Å². The number of nitrogens with one attached hydrogen (secondary N) is 1. The molecular weight excluding hydrogens is 266 g/mol. The van der Waals surface area contributed by atoms with E-state index in [4.69, 9.17) is 10.00 Å². The molecule has 104 valence electrons. The summed E-state index contributed by atoms with van der Waals surface area (Å²) < 4.78 is 5.08. The summed E-state index contributed by atoms with van der Waals surface area (Å²) in [5, 5.41) is 11.8. The Hall–Kier alpha value is -3.13. The van der Waals surface area contributed by atoms with E-state index < -0.39 is 5.91 Å². The minimum absolute atomic E-state index is 0.0171. The van der Waals surface area contributed by atoms with E-state index in [2.05, 4.69) is 10.3 Å². The molecule has 1 N–H and O–H groups in total. The first-order chi connectivity index (χ1) is 10.2. The molecule has 0 atom stereocenters. The first-order valence-corrected chi connectivity index (χ1v) is 6.21. The standard InChI is InChI=1S/C16H13N3O2/c1-21-15-7-4-6-14(10-15)19-16(20)12(11-17)9-13-5-2-3-8-18-13/h2-10H,1H3,(H,19,20)/b12-9-. The van der Waals surface area contributed by atoms with Gasteiger partial charge in [-0.05, 0) is 30.3 Å². The van der Waals surface area contributed by atoms with E-state index in [9.17, 15) is 4.79 Å². The molecule has 5 heteroatoms. The molecule has 0 radical (unpaired) electrons. The molecule has 0 spiro atoms. The van der Waals surface area contributed by atoms with Crippen molar-refractivity contribution in [3.8, 4) is 11.8 Å². The summed E-state index contributed by atoms with van der Waals surface area (Å²) in [6.45, 7) is 0. The number of anilines is 1. The zero-order chi connectivity index (χ0) is 15.1. The van der Waals surface area contributed by atoms with Crippen LogP contribution in [-0.2, 0) is 4.79 Å². The van der Waals surface area contributed by atoms with Crippen molar-refractivity contribution < 1.29 is 9.53 Å². The van der Waals surface area contributed by atoms with Gasteiger partial charge < -0.3 is 10.1 Å². The molecule has 1 amide bonds. The smallest absolute Gasteiger partial charge is 0.266 e. The van der Waals surface area contributed by atoms with Gasteiger partial charge in [-0.15, -0.1) is 0 Å². The fourth-order valence-corrected chi connectivity index (χ4v) is 1.66. The maximum atomic E-state index is 12.1. The van der Waals surface area contributed by atoms with Gasteiger partial charge in [0.05, 0.1) is 12.8 Å². The minimum Gasteiger partial charge on any atom is -0.497 e. The van der Waals surface area contributed by atoms with Gasteiger partial charge in [-0.3, -0.25) is 9.78 Å². The van der Waals surface area contributed by atoms with E-state index in [0.717, 1.165) is 0 Å². The summed E-state index contributed by atoms with van der Waals surface area (Å²) in [4.78, 5) is 16.1. The van der Waals surface area contributed by atoms with Crippen molar-refractivity contribution in [3.63, 3.8) is 0 Å². The Bertz CT molecular complexity index is 703. The van der Waals surface area contributed by atoms with Gasteiger partial charge in [-0.1, -0.05) is 12.1 Å². The quantitative estimate of drug-likeness (QED) is 0.689. The molecule has 0 aliphatic rings. The number of methoxy groups -OCH3 is 1. The molecule has 0 saturated heterocycles. The first-order valence-electron chi connectivity index (χ1n) is 6.21. The zero-order valence-corrected chi connectivity index (χ0v) is 11.4. The van der Waals surface area contributed by atoms with Crippen molar-refractivity contribution in [3.05, 3.63) is 59.9 Å². The molecule has 21 heavy (non-hydrogen) atoms. The van der Waals surface area contributed by atoms with E-state index in [-0.39, 0.29) is 5.57 Å². The van der Waals surface area contributed by atoms with E-state index in [0.29, 0.717) is 17.1 Å². The van der Waals surface area contributed by atoms with Crippen LogP contribution in [0.5, 0.6) is 5.75 Å². The molecule has 5 nitrogen and oxygen atoms in total. The highest BCUT2D eigenvalue weighted by Gasteiger charge is 2.10. The summed E-state index contributed by atoms with van der Waals surface area (Å²) in [7, 11) is 1.54. The Balaban J connectivity index is 2.18. The van der Waals surface area contributed by atoms with E-state index >= 15 is 0 Å². The van der Waals surface area contributed by atoms with Gasteiger partial charge in [-0.25, -0.2) is 0 Å². The maximum absolute atomic E-state index is 12.1. The molecule has 1 aromatic heterocycles. The third kappa shape index (κ3) is 3.91. The van der Waals surface area contributed by atoms with Gasteiger partial charge in [0.2, 0.25) is 0 Å². The lowest BCUT2D eigenvalue weighted by molar-refractivity contribution is -0.112. The maximum Gasteiger partial charge on any atom is 0.266 e. The lowest BCUT2D eigenvalue weighted by atomic mass is 10.2. The van der Waals surface area contributed by atoms with Crippen LogP contribution >= 0.6 is 0 Å². The first kappa shape index (κ1) is 14.3. The molecule has 0 unspecified atom stereocenters. The summed E-state index contributed by atoms with van der Waals surface area (Å²) in [6, 6.07) is 14.1. The summed E-state index contributed by atoms with van der Waals surface area (Å²) >= 11 is 0. The lowest BCUT2D eigenvalue weighted by Crippen LogP contribution is -2.13. The normalized spacial score (nSPS) is 10.6. The van der Waals surface area contributed by atoms with Crippen LogP contribution in [0.4, 0.5) is 5.69 Å². The van der Waals surface area contributed by atoms with Gasteiger partial charge >= 0.3 is 0 Å². The molecule has 0 bridgehead atoms. The SMILES string of the molecule is COc1cccc(NC(=O)/C(C#N)=C\c2ccccn2)c1. The largest absolute Gasteiger partial charge is 0.497 e. The molecule has 0 fully saturated rings. The average molecular weight is 279 g/mol. The molecule has 1 heterocycles. The Morgan fingerprint density at radius 1 is 1.33 bits per heavy atom. The molecule has 0 aliphatic heterocycles. The number of aromatic nitrogens is 1. The number of nitriles is 1. The highest BCUT2D eigenvalue weighted by Crippen LogP contribution is 2.17. The number of hydrogen-bond donors (Lipinski definition) is 1. The number of carbonyl (C=O) groups excluding carboxylic acids is 1. The molecule has 0 aliphatic carbocycles. The van der Waals surface area contributed by atoms with Crippen molar-refractivity contribution in [1.29, 1.82) is 5.26 Å². The van der Waals surface area contributed by atoms with Crippen LogP contribution in [0.2, 0.25) is 0 Å². The van der Waals surface area contributed by atoms with Crippen molar-refractivity contribution in [2.45, 2.75) is 0 Å². The minimum atomic E-state index is -0.489. The topological polar surface area (TPSA) is 75.0 Å². The van der Waals surface area contributed by atoms with Crippen LogP contribution < -0.4 is 10.1 Å². The van der Waals surface area contributed by atoms with E-state index in [1.807, 2.05) is 6.07 Å². The molecular formula is C16H13N3O2. The van der Waals surface area contributed by atoms with Gasteiger partial charge in [0.1, 0.15) is 17.4 Å². The summed E-state index contributed by atoms with van der Waals surface area (Å²) in [5.74, 6) is 0.136. The number of rotatable bonds is 4. The van der Waals surface area contributed by atoms with Crippen LogP contribution in [0.1, 0.15) is 5.69 Å². The second kappa shape index (κ2) is 6.87.